The maximum Gasteiger partial charge on any atom is 0.125 e. The molecule has 2 aromatic rings. The molecule has 3 heteroatoms. The van der Waals surface area contributed by atoms with E-state index in [9.17, 15) is 5.21 Å². The first-order chi connectivity index (χ1) is 10.8. The van der Waals surface area contributed by atoms with E-state index in [0.29, 0.717) is 6.61 Å². The normalized spacial score (nSPS) is 18.1. The molecule has 120 valence electrons. The Morgan fingerprint density at radius 1 is 0.909 bits per heavy atom. The molecule has 0 amide bonds. The summed E-state index contributed by atoms with van der Waals surface area (Å²) in [7, 11) is 0. The highest BCUT2D eigenvalue weighted by molar-refractivity contribution is 5.49. The molecule has 1 heterocycles. The van der Waals surface area contributed by atoms with Gasteiger partial charge in [0.2, 0.25) is 0 Å². The third kappa shape index (κ3) is 3.32. The summed E-state index contributed by atoms with van der Waals surface area (Å²) in [5, 5.41) is 9.66. The van der Waals surface area contributed by atoms with Crippen molar-refractivity contribution in [3.8, 4) is 5.75 Å². The van der Waals surface area contributed by atoms with Gasteiger partial charge in [0, 0.05) is 5.56 Å². The standard InChI is InChI=1S/C15H15NO2.2C2H6/c1-15(16-17)12-7-3-2-6-11(12)10-18-14-9-5-4-8-13(14)15;2*1-2/h2-9,16-17H,10H2,1H3;2*1-2H3. The highest BCUT2D eigenvalue weighted by Crippen LogP contribution is 2.39. The van der Waals surface area contributed by atoms with Gasteiger partial charge < -0.3 is 9.94 Å². The topological polar surface area (TPSA) is 41.5 Å². The molecule has 0 saturated carbocycles. The van der Waals surface area contributed by atoms with E-state index in [4.69, 9.17) is 4.74 Å². The summed E-state index contributed by atoms with van der Waals surface area (Å²) >= 11 is 0. The van der Waals surface area contributed by atoms with Crippen molar-refractivity contribution in [2.75, 3.05) is 0 Å². The lowest BCUT2D eigenvalue weighted by Crippen LogP contribution is -2.38. The van der Waals surface area contributed by atoms with Crippen LogP contribution in [0.1, 0.15) is 51.3 Å². The van der Waals surface area contributed by atoms with Gasteiger partial charge in [0.25, 0.3) is 0 Å². The number of para-hydroxylation sites is 1. The van der Waals surface area contributed by atoms with Gasteiger partial charge in [-0.25, -0.2) is 0 Å². The third-order valence-electron chi connectivity index (χ3n) is 3.59. The minimum absolute atomic E-state index is 0.518. The van der Waals surface area contributed by atoms with Gasteiger partial charge in [0.1, 0.15) is 12.4 Å². The van der Waals surface area contributed by atoms with Crippen molar-refractivity contribution in [2.24, 2.45) is 0 Å². The maximum atomic E-state index is 9.66. The first-order valence-electron chi connectivity index (χ1n) is 7.97. The van der Waals surface area contributed by atoms with E-state index in [1.807, 2.05) is 83.1 Å². The Hall–Kier alpha value is -1.84. The Kier molecular flexibility index (Phi) is 7.09. The molecular weight excluding hydrogens is 274 g/mol. The highest BCUT2D eigenvalue weighted by Gasteiger charge is 2.35. The average Bonchev–Trinajstić information content (AvgIpc) is 2.75. The minimum atomic E-state index is -0.649. The second kappa shape index (κ2) is 8.57. The van der Waals surface area contributed by atoms with E-state index in [1.54, 1.807) is 0 Å². The van der Waals surface area contributed by atoms with Gasteiger partial charge in [0.15, 0.2) is 0 Å². The van der Waals surface area contributed by atoms with Crippen molar-refractivity contribution in [1.82, 2.24) is 5.48 Å². The van der Waals surface area contributed by atoms with Crippen molar-refractivity contribution in [3.63, 3.8) is 0 Å². The van der Waals surface area contributed by atoms with Gasteiger partial charge in [-0.15, -0.1) is 0 Å². The number of hydrogen-bond donors (Lipinski definition) is 2. The Morgan fingerprint density at radius 3 is 2.09 bits per heavy atom. The van der Waals surface area contributed by atoms with E-state index in [1.165, 1.54) is 0 Å². The molecule has 2 aromatic carbocycles. The fraction of sp³-hybridized carbons (Fsp3) is 0.368. The molecule has 0 spiro atoms. The first kappa shape index (κ1) is 18.2. The monoisotopic (exact) mass is 301 g/mol. The molecule has 1 unspecified atom stereocenters. The van der Waals surface area contributed by atoms with Crippen LogP contribution in [0.2, 0.25) is 0 Å². The Balaban J connectivity index is 0.000000561. The van der Waals surface area contributed by atoms with Crippen molar-refractivity contribution >= 4 is 0 Å². The minimum Gasteiger partial charge on any atom is -0.489 e. The highest BCUT2D eigenvalue weighted by atomic mass is 16.5. The lowest BCUT2D eigenvalue weighted by Gasteiger charge is -2.29. The van der Waals surface area contributed by atoms with Crippen LogP contribution in [0, 0.1) is 0 Å². The van der Waals surface area contributed by atoms with E-state index in [-0.39, 0.29) is 0 Å². The van der Waals surface area contributed by atoms with Crippen LogP contribution in [0.25, 0.3) is 0 Å². The summed E-state index contributed by atoms with van der Waals surface area (Å²) in [5.41, 5.74) is 4.87. The fourth-order valence-corrected chi connectivity index (χ4v) is 2.56. The summed E-state index contributed by atoms with van der Waals surface area (Å²) in [4.78, 5) is 0. The molecule has 1 atom stereocenters. The molecular formula is C19H27NO2. The molecule has 0 fully saturated rings. The van der Waals surface area contributed by atoms with Crippen LogP contribution in [0.4, 0.5) is 0 Å². The molecule has 1 aliphatic heterocycles. The number of rotatable bonds is 1. The summed E-state index contributed by atoms with van der Waals surface area (Å²) < 4.78 is 5.82. The van der Waals surface area contributed by atoms with Crippen LogP contribution in [-0.4, -0.2) is 5.21 Å². The first-order valence-corrected chi connectivity index (χ1v) is 7.97. The smallest absolute Gasteiger partial charge is 0.125 e. The number of hydroxylamine groups is 1. The number of nitrogens with one attached hydrogen (secondary N) is 1. The zero-order valence-electron chi connectivity index (χ0n) is 14.2. The SMILES string of the molecule is CC.CC.CC1(NO)c2ccccc2COc2ccccc21. The summed E-state index contributed by atoms with van der Waals surface area (Å²) in [6, 6.07) is 15.8. The molecule has 1 aliphatic rings. The van der Waals surface area contributed by atoms with Crippen LogP contribution >= 0.6 is 0 Å². The summed E-state index contributed by atoms with van der Waals surface area (Å²) in [6.07, 6.45) is 0. The molecule has 0 aromatic heterocycles. The lowest BCUT2D eigenvalue weighted by molar-refractivity contribution is 0.0918. The molecule has 22 heavy (non-hydrogen) atoms. The molecule has 2 N–H and O–H groups in total. The van der Waals surface area contributed by atoms with Crippen molar-refractivity contribution in [3.05, 3.63) is 65.2 Å². The van der Waals surface area contributed by atoms with Gasteiger partial charge in [-0.2, -0.15) is 5.48 Å². The third-order valence-corrected chi connectivity index (χ3v) is 3.59. The number of benzene rings is 2. The van der Waals surface area contributed by atoms with Gasteiger partial charge in [-0.1, -0.05) is 70.2 Å². The van der Waals surface area contributed by atoms with E-state index in [2.05, 4.69) is 5.48 Å². The molecule has 0 radical (unpaired) electrons. The Bertz CT molecular complexity index is 534. The number of fused-ring (bicyclic) bond motifs is 2. The van der Waals surface area contributed by atoms with Gasteiger partial charge in [-0.3, -0.25) is 0 Å². The van der Waals surface area contributed by atoms with Crippen LogP contribution < -0.4 is 10.2 Å². The molecule has 0 aliphatic carbocycles. The Morgan fingerprint density at radius 2 is 1.45 bits per heavy atom. The molecule has 3 rings (SSSR count). The van der Waals surface area contributed by atoms with Crippen molar-refractivity contribution < 1.29 is 9.94 Å². The van der Waals surface area contributed by atoms with Crippen LogP contribution in [-0.2, 0) is 12.1 Å². The molecule has 3 nitrogen and oxygen atoms in total. The number of hydrogen-bond acceptors (Lipinski definition) is 3. The largest absolute Gasteiger partial charge is 0.489 e. The Labute approximate surface area is 133 Å². The average molecular weight is 301 g/mol. The summed E-state index contributed by atoms with van der Waals surface area (Å²) in [5.74, 6) is 0.803. The molecule has 0 bridgehead atoms. The fourth-order valence-electron chi connectivity index (χ4n) is 2.56. The van der Waals surface area contributed by atoms with E-state index in [0.717, 1.165) is 22.4 Å². The predicted octanol–water partition coefficient (Wildman–Crippen LogP) is 4.87. The zero-order chi connectivity index (χ0) is 16.6. The molecule has 0 saturated heterocycles. The van der Waals surface area contributed by atoms with Crippen molar-refractivity contribution in [1.29, 1.82) is 0 Å². The van der Waals surface area contributed by atoms with E-state index >= 15 is 0 Å². The lowest BCUT2D eigenvalue weighted by atomic mass is 9.83. The second-order valence-electron chi connectivity index (χ2n) is 4.68. The van der Waals surface area contributed by atoms with Crippen molar-refractivity contribution in [2.45, 2.75) is 46.8 Å². The summed E-state index contributed by atoms with van der Waals surface area (Å²) in [6.45, 7) is 10.5. The van der Waals surface area contributed by atoms with Crippen LogP contribution in [0.5, 0.6) is 5.75 Å². The zero-order valence-corrected chi connectivity index (χ0v) is 14.2. The van der Waals surface area contributed by atoms with Gasteiger partial charge in [-0.05, 0) is 24.1 Å². The van der Waals surface area contributed by atoms with Crippen LogP contribution in [0.15, 0.2) is 48.5 Å². The second-order valence-corrected chi connectivity index (χ2v) is 4.68. The maximum absolute atomic E-state index is 9.66. The number of ether oxygens (including phenoxy) is 1. The van der Waals surface area contributed by atoms with E-state index < -0.39 is 5.54 Å². The quantitative estimate of drug-likeness (QED) is 0.738. The van der Waals surface area contributed by atoms with Gasteiger partial charge in [0.05, 0.1) is 5.54 Å². The predicted molar refractivity (Wildman–Crippen MR) is 91.3 cm³/mol. The van der Waals surface area contributed by atoms with Crippen LogP contribution in [0.3, 0.4) is 0 Å². The van der Waals surface area contributed by atoms with Gasteiger partial charge >= 0.3 is 0 Å².